The molecule has 84 valence electrons. The second-order valence-electron chi connectivity index (χ2n) is 3.39. The fourth-order valence-electron chi connectivity index (χ4n) is 1.31. The number of aromatic nitrogens is 2. The Balaban J connectivity index is 2.99. The molecule has 15 heavy (non-hydrogen) atoms. The van der Waals surface area contributed by atoms with Crippen LogP contribution in [0, 0.1) is 17.0 Å². The van der Waals surface area contributed by atoms with Crippen molar-refractivity contribution in [1.29, 1.82) is 0 Å². The zero-order valence-corrected chi connectivity index (χ0v) is 8.89. The second kappa shape index (κ2) is 4.26. The molecule has 0 bridgehead atoms. The van der Waals surface area contributed by atoms with Crippen molar-refractivity contribution in [2.75, 3.05) is 11.9 Å². The van der Waals surface area contributed by atoms with Crippen LogP contribution in [-0.2, 0) is 7.05 Å². The van der Waals surface area contributed by atoms with Gasteiger partial charge in [-0.25, -0.2) is 4.68 Å². The summed E-state index contributed by atoms with van der Waals surface area (Å²) in [6, 6.07) is 0. The Morgan fingerprint density at radius 3 is 2.80 bits per heavy atom. The zero-order chi connectivity index (χ0) is 11.6. The number of aryl methyl sites for hydroxylation is 2. The predicted molar refractivity (Wildman–Crippen MR) is 54.8 cm³/mol. The molecule has 0 fully saturated rings. The summed E-state index contributed by atoms with van der Waals surface area (Å²) < 4.78 is 1.40. The van der Waals surface area contributed by atoms with Crippen molar-refractivity contribution in [3.05, 3.63) is 15.8 Å². The van der Waals surface area contributed by atoms with Crippen molar-refractivity contribution in [2.24, 2.45) is 7.05 Å². The number of nitrogens with one attached hydrogen (secondary N) is 1. The van der Waals surface area contributed by atoms with Crippen LogP contribution < -0.4 is 5.32 Å². The van der Waals surface area contributed by atoms with E-state index in [4.69, 9.17) is 5.11 Å². The van der Waals surface area contributed by atoms with Gasteiger partial charge in [0.1, 0.15) is 5.69 Å². The highest BCUT2D eigenvalue weighted by molar-refractivity contribution is 5.59. The average molecular weight is 214 g/mol. The van der Waals surface area contributed by atoms with E-state index in [0.29, 0.717) is 11.5 Å². The van der Waals surface area contributed by atoms with Crippen molar-refractivity contribution < 1.29 is 10.0 Å². The van der Waals surface area contributed by atoms with Gasteiger partial charge in [-0.05, 0) is 13.8 Å². The molecular formula is C8H14N4O3. The first kappa shape index (κ1) is 11.4. The van der Waals surface area contributed by atoms with E-state index >= 15 is 0 Å². The molecule has 1 unspecified atom stereocenters. The molecule has 7 nitrogen and oxygen atoms in total. The smallest absolute Gasteiger partial charge is 0.333 e. The van der Waals surface area contributed by atoms with E-state index in [9.17, 15) is 10.1 Å². The van der Waals surface area contributed by atoms with Crippen LogP contribution in [-0.4, -0.2) is 32.5 Å². The lowest BCUT2D eigenvalue weighted by Crippen LogP contribution is -2.17. The molecule has 1 heterocycles. The Morgan fingerprint density at radius 2 is 2.33 bits per heavy atom. The number of rotatable bonds is 4. The molecule has 0 saturated heterocycles. The number of aliphatic hydroxyl groups excluding tert-OH is 1. The monoisotopic (exact) mass is 214 g/mol. The molecule has 0 aromatic carbocycles. The van der Waals surface area contributed by atoms with E-state index in [1.54, 1.807) is 20.9 Å². The molecular weight excluding hydrogens is 200 g/mol. The van der Waals surface area contributed by atoms with Gasteiger partial charge in [-0.1, -0.05) is 0 Å². The Morgan fingerprint density at radius 1 is 1.73 bits per heavy atom. The summed E-state index contributed by atoms with van der Waals surface area (Å²) in [5.41, 5.74) is 0.314. The van der Waals surface area contributed by atoms with E-state index in [-0.39, 0.29) is 12.2 Å². The molecule has 7 heteroatoms. The van der Waals surface area contributed by atoms with Crippen molar-refractivity contribution >= 4 is 11.5 Å². The van der Waals surface area contributed by atoms with Gasteiger partial charge in [-0.15, -0.1) is 0 Å². The summed E-state index contributed by atoms with van der Waals surface area (Å²) in [5.74, 6) is 0.318. The molecule has 1 aromatic rings. The number of hydrogen-bond acceptors (Lipinski definition) is 5. The summed E-state index contributed by atoms with van der Waals surface area (Å²) in [7, 11) is 1.62. The third-order valence-electron chi connectivity index (χ3n) is 1.94. The molecule has 0 radical (unpaired) electrons. The van der Waals surface area contributed by atoms with Crippen LogP contribution in [0.4, 0.5) is 11.5 Å². The number of anilines is 1. The van der Waals surface area contributed by atoms with Gasteiger partial charge in [-0.3, -0.25) is 10.1 Å². The highest BCUT2D eigenvalue weighted by Gasteiger charge is 2.23. The molecule has 0 aliphatic heterocycles. The van der Waals surface area contributed by atoms with Gasteiger partial charge in [0.2, 0.25) is 5.82 Å². The maximum Gasteiger partial charge on any atom is 0.333 e. The molecule has 0 aliphatic carbocycles. The molecule has 0 aliphatic rings. The summed E-state index contributed by atoms with van der Waals surface area (Å²) in [6.45, 7) is 3.42. The Hall–Kier alpha value is -1.63. The molecule has 1 atom stereocenters. The fraction of sp³-hybridized carbons (Fsp3) is 0.625. The molecule has 0 amide bonds. The van der Waals surface area contributed by atoms with Crippen LogP contribution in [0.15, 0.2) is 0 Å². The van der Waals surface area contributed by atoms with Gasteiger partial charge in [-0.2, -0.15) is 5.10 Å². The van der Waals surface area contributed by atoms with Crippen LogP contribution >= 0.6 is 0 Å². The van der Waals surface area contributed by atoms with E-state index in [0.717, 1.165) is 0 Å². The Labute approximate surface area is 86.9 Å². The first-order chi connectivity index (χ1) is 6.93. The van der Waals surface area contributed by atoms with Gasteiger partial charge in [0.25, 0.3) is 0 Å². The minimum atomic E-state index is -0.570. The quantitative estimate of drug-likeness (QED) is 0.560. The lowest BCUT2D eigenvalue weighted by molar-refractivity contribution is -0.384. The van der Waals surface area contributed by atoms with Crippen LogP contribution in [0.3, 0.4) is 0 Å². The Bertz CT molecular complexity index is 372. The van der Waals surface area contributed by atoms with Crippen molar-refractivity contribution in [2.45, 2.75) is 20.0 Å². The highest BCUT2D eigenvalue weighted by Crippen LogP contribution is 2.26. The summed E-state index contributed by atoms with van der Waals surface area (Å²) in [6.07, 6.45) is -0.570. The number of hydrogen-bond donors (Lipinski definition) is 2. The standard InChI is InChI=1S/C8H14N4O3/c1-5(13)4-9-8-7(12(14)15)6(2)10-11(8)3/h5,9,13H,4H2,1-3H3. The Kier molecular flexibility index (Phi) is 3.25. The second-order valence-corrected chi connectivity index (χ2v) is 3.39. The summed E-state index contributed by atoms with van der Waals surface area (Å²) in [5, 5.41) is 26.6. The number of aliphatic hydroxyl groups is 1. The zero-order valence-electron chi connectivity index (χ0n) is 8.89. The lowest BCUT2D eigenvalue weighted by Gasteiger charge is -2.07. The lowest BCUT2D eigenvalue weighted by atomic mass is 10.3. The van der Waals surface area contributed by atoms with Gasteiger partial charge >= 0.3 is 5.69 Å². The predicted octanol–water partition coefficient (Wildman–Crippen LogP) is 0.429. The molecule has 0 spiro atoms. The molecule has 1 aromatic heterocycles. The maximum absolute atomic E-state index is 10.8. The SMILES string of the molecule is Cc1nn(C)c(NCC(C)O)c1[N+](=O)[O-]. The van der Waals surface area contributed by atoms with Gasteiger partial charge < -0.3 is 10.4 Å². The van der Waals surface area contributed by atoms with Gasteiger partial charge in [0.15, 0.2) is 0 Å². The molecule has 2 N–H and O–H groups in total. The summed E-state index contributed by atoms with van der Waals surface area (Å²) >= 11 is 0. The van der Waals surface area contributed by atoms with E-state index < -0.39 is 11.0 Å². The normalized spacial score (nSPS) is 12.5. The van der Waals surface area contributed by atoms with Crippen LogP contribution in [0.1, 0.15) is 12.6 Å². The van der Waals surface area contributed by atoms with Gasteiger partial charge in [0, 0.05) is 13.6 Å². The average Bonchev–Trinajstić information content (AvgIpc) is 2.37. The minimum absolute atomic E-state index is 0.0434. The summed E-state index contributed by atoms with van der Waals surface area (Å²) in [4.78, 5) is 10.3. The van der Waals surface area contributed by atoms with Crippen LogP contribution in [0.25, 0.3) is 0 Å². The van der Waals surface area contributed by atoms with E-state index in [2.05, 4.69) is 10.4 Å². The molecule has 0 saturated carbocycles. The number of nitro groups is 1. The highest BCUT2D eigenvalue weighted by atomic mass is 16.6. The first-order valence-corrected chi connectivity index (χ1v) is 4.53. The number of nitrogens with zero attached hydrogens (tertiary/aromatic N) is 3. The molecule has 1 rings (SSSR count). The fourth-order valence-corrected chi connectivity index (χ4v) is 1.31. The van der Waals surface area contributed by atoms with Gasteiger partial charge in [0.05, 0.1) is 11.0 Å². The van der Waals surface area contributed by atoms with E-state index in [1.165, 1.54) is 4.68 Å². The third kappa shape index (κ3) is 2.44. The van der Waals surface area contributed by atoms with Crippen LogP contribution in [0.5, 0.6) is 0 Å². The topological polar surface area (TPSA) is 93.2 Å². The minimum Gasteiger partial charge on any atom is -0.392 e. The first-order valence-electron chi connectivity index (χ1n) is 4.53. The van der Waals surface area contributed by atoms with E-state index in [1.807, 2.05) is 0 Å². The van der Waals surface area contributed by atoms with Crippen molar-refractivity contribution in [3.8, 4) is 0 Å². The largest absolute Gasteiger partial charge is 0.392 e. The van der Waals surface area contributed by atoms with Crippen molar-refractivity contribution in [3.63, 3.8) is 0 Å². The van der Waals surface area contributed by atoms with Crippen LogP contribution in [0.2, 0.25) is 0 Å². The maximum atomic E-state index is 10.8. The van der Waals surface area contributed by atoms with Crippen molar-refractivity contribution in [1.82, 2.24) is 9.78 Å². The third-order valence-corrected chi connectivity index (χ3v) is 1.94.